The molecule has 10 rings (SSSR count). The van der Waals surface area contributed by atoms with E-state index in [2.05, 4.69) is 16.0 Å². The molecule has 9 aromatic carbocycles. The highest BCUT2D eigenvalue weighted by Gasteiger charge is 2.29. The average Bonchev–Trinajstić information content (AvgIpc) is 3.40. The Morgan fingerprint density at radius 3 is 0.933 bits per heavy atom. The summed E-state index contributed by atoms with van der Waals surface area (Å²) in [5, 5.41) is 49.4. The van der Waals surface area contributed by atoms with Crippen LogP contribution in [0.4, 0.5) is 17.1 Å². The molecule has 0 saturated heterocycles. The second kappa shape index (κ2) is 20.4. The van der Waals surface area contributed by atoms with Crippen molar-refractivity contribution in [2.75, 3.05) is 37.3 Å². The number of rotatable bonds is 12. The van der Waals surface area contributed by atoms with Crippen molar-refractivity contribution >= 4 is 102 Å². The summed E-state index contributed by atoms with van der Waals surface area (Å²) >= 11 is 19.0. The van der Waals surface area contributed by atoms with E-state index in [1.165, 1.54) is 57.7 Å². The lowest BCUT2D eigenvalue weighted by Gasteiger charge is -2.18. The number of ether oxygens (including phenoxy) is 3. The number of hydrogen-bond acceptors (Lipinski definition) is 12. The van der Waals surface area contributed by atoms with Crippen molar-refractivity contribution in [1.82, 2.24) is 15.0 Å². The average molecular weight is 1060 g/mol. The van der Waals surface area contributed by atoms with Crippen LogP contribution in [-0.4, -0.2) is 69.3 Å². The number of amides is 3. The second-order valence-corrected chi connectivity index (χ2v) is 18.1. The van der Waals surface area contributed by atoms with Gasteiger partial charge in [-0.05, 0) is 105 Å². The van der Waals surface area contributed by atoms with Crippen LogP contribution >= 0.6 is 34.8 Å². The van der Waals surface area contributed by atoms with Gasteiger partial charge in [-0.25, -0.2) is 15.0 Å². The first-order valence-electron chi connectivity index (χ1n) is 22.7. The fourth-order valence-corrected chi connectivity index (χ4v) is 9.34. The third-order valence-electron chi connectivity index (χ3n) is 12.3. The number of hydrogen-bond donors (Lipinski definition) is 6. The minimum Gasteiger partial charge on any atom is -0.506 e. The summed E-state index contributed by atoms with van der Waals surface area (Å²) in [5.41, 5.74) is -0.145. The van der Waals surface area contributed by atoms with Crippen LogP contribution in [0.15, 0.2) is 146 Å². The first-order chi connectivity index (χ1) is 36.2. The number of anilines is 3. The minimum atomic E-state index is -0.757. The second-order valence-electron chi connectivity index (χ2n) is 16.8. The van der Waals surface area contributed by atoms with E-state index < -0.39 is 35.0 Å². The maximum atomic E-state index is 14.4. The Labute approximate surface area is 441 Å². The van der Waals surface area contributed by atoms with Gasteiger partial charge in [-0.3, -0.25) is 14.4 Å². The normalized spacial score (nSPS) is 11.1. The molecule has 18 heteroatoms. The monoisotopic (exact) mass is 1060 g/mol. The van der Waals surface area contributed by atoms with Crippen LogP contribution in [0.5, 0.6) is 34.5 Å². The predicted octanol–water partition coefficient (Wildman–Crippen LogP) is 13.2. The maximum Gasteiger partial charge on any atom is 0.259 e. The molecule has 1 heterocycles. The van der Waals surface area contributed by atoms with Gasteiger partial charge in [-0.2, -0.15) is 0 Å². The SMILES string of the molecule is COc1ccc(Cl)cc1NC(=O)c1cc2ccccc2c(-c2nc(-c3c(O)c(C(=O)Nc4cc(Cl)ccc4OC)cc4ccccc34)nc(-c3c(O)c(C(=O)Nc4cc(Cl)ccc4OC)cc4ccccc34)n2)c1O. The largest absolute Gasteiger partial charge is 0.506 e. The Kier molecular flexibility index (Phi) is 13.4. The van der Waals surface area contributed by atoms with E-state index in [1.807, 2.05) is 0 Å². The smallest absolute Gasteiger partial charge is 0.259 e. The highest BCUT2D eigenvalue weighted by molar-refractivity contribution is 6.32. The van der Waals surface area contributed by atoms with Gasteiger partial charge in [-0.1, -0.05) is 108 Å². The molecular formula is C57H39Cl3N6O9. The summed E-state index contributed by atoms with van der Waals surface area (Å²) in [6, 6.07) is 39.1. The lowest BCUT2D eigenvalue weighted by atomic mass is 9.96. The van der Waals surface area contributed by atoms with Crippen molar-refractivity contribution in [2.24, 2.45) is 0 Å². The van der Waals surface area contributed by atoms with E-state index in [1.54, 1.807) is 109 Å². The van der Waals surface area contributed by atoms with Crippen LogP contribution in [0.3, 0.4) is 0 Å². The highest BCUT2D eigenvalue weighted by Crippen LogP contribution is 2.46. The van der Waals surface area contributed by atoms with Gasteiger partial charge in [0.25, 0.3) is 17.7 Å². The molecule has 6 N–H and O–H groups in total. The standard InChI is InChI=1S/C57H39Cl3N6O9/c1-73-43-19-16-31(58)25-40(43)61-55(70)37-22-28-10-4-7-13-34(28)46(49(37)67)52-64-53(47-35-14-8-5-11-29(35)23-38(50(47)68)56(71)62-41-26-32(59)17-20-44(41)74-2)66-54(65-52)48-36-15-9-6-12-30(36)24-39(51(48)69)57(72)63-42-27-33(60)18-21-45(42)75-3/h4-27,67-69H,1-3H3,(H,61,70)(H,62,71)(H,63,72). The number of nitrogens with one attached hydrogen (secondary N) is 3. The summed E-state index contributed by atoms with van der Waals surface area (Å²) in [6.45, 7) is 0. The van der Waals surface area contributed by atoms with E-state index in [0.717, 1.165) is 0 Å². The van der Waals surface area contributed by atoms with Crippen molar-refractivity contribution in [2.45, 2.75) is 0 Å². The molecular weight excluding hydrogens is 1020 g/mol. The van der Waals surface area contributed by atoms with Gasteiger partial charge in [0.1, 0.15) is 34.5 Å². The molecule has 0 fully saturated rings. The molecule has 1 aromatic heterocycles. The molecule has 0 atom stereocenters. The number of phenols is 3. The molecule has 0 saturated carbocycles. The van der Waals surface area contributed by atoms with Crippen LogP contribution in [0.1, 0.15) is 31.1 Å². The highest BCUT2D eigenvalue weighted by atomic mass is 35.5. The fraction of sp³-hybridized carbons (Fsp3) is 0.0526. The van der Waals surface area contributed by atoms with Crippen molar-refractivity contribution < 1.29 is 43.9 Å². The van der Waals surface area contributed by atoms with E-state index in [4.69, 9.17) is 64.0 Å². The van der Waals surface area contributed by atoms with Crippen molar-refractivity contribution in [3.8, 4) is 68.7 Å². The Morgan fingerprint density at radius 1 is 0.400 bits per heavy atom. The van der Waals surface area contributed by atoms with Crippen LogP contribution in [0.25, 0.3) is 66.5 Å². The molecule has 0 aliphatic rings. The summed E-state index contributed by atoms with van der Waals surface area (Å²) in [6.07, 6.45) is 0. The predicted molar refractivity (Wildman–Crippen MR) is 292 cm³/mol. The number of carbonyl (C=O) groups excluding carboxylic acids is 3. The maximum absolute atomic E-state index is 14.4. The molecule has 0 aliphatic heterocycles. The third kappa shape index (κ3) is 9.43. The van der Waals surface area contributed by atoms with Crippen LogP contribution in [0.2, 0.25) is 15.1 Å². The van der Waals surface area contributed by atoms with Crippen molar-refractivity contribution in [3.63, 3.8) is 0 Å². The topological polar surface area (TPSA) is 214 Å². The van der Waals surface area contributed by atoms with Gasteiger partial charge in [0.15, 0.2) is 17.5 Å². The molecule has 3 amide bonds. The lowest BCUT2D eigenvalue weighted by molar-refractivity contribution is 0.101. The first kappa shape index (κ1) is 49.4. The molecule has 15 nitrogen and oxygen atoms in total. The zero-order chi connectivity index (χ0) is 52.7. The molecule has 75 heavy (non-hydrogen) atoms. The quantitative estimate of drug-likeness (QED) is 0.0674. The Balaban J connectivity index is 1.25. The number of aromatic nitrogens is 3. The number of benzene rings is 9. The Morgan fingerprint density at radius 2 is 0.667 bits per heavy atom. The number of halogens is 3. The number of carbonyl (C=O) groups is 3. The van der Waals surface area contributed by atoms with E-state index in [0.29, 0.717) is 64.6 Å². The number of nitrogens with zero attached hydrogens (tertiary/aromatic N) is 3. The molecule has 10 aromatic rings. The van der Waals surface area contributed by atoms with Crippen LogP contribution < -0.4 is 30.2 Å². The van der Waals surface area contributed by atoms with Gasteiger partial charge in [0.05, 0.1) is 71.8 Å². The van der Waals surface area contributed by atoms with Crippen LogP contribution in [0, 0.1) is 0 Å². The van der Waals surface area contributed by atoms with Gasteiger partial charge in [0, 0.05) is 15.1 Å². The number of phenolic OH excluding ortho intramolecular Hbond substituents is 3. The Bertz CT molecular complexity index is 3590. The number of fused-ring (bicyclic) bond motifs is 3. The van der Waals surface area contributed by atoms with E-state index in [-0.39, 0.29) is 67.9 Å². The lowest BCUT2D eigenvalue weighted by Crippen LogP contribution is -2.14. The summed E-state index contributed by atoms with van der Waals surface area (Å²) in [7, 11) is 4.29. The zero-order valence-electron chi connectivity index (χ0n) is 39.6. The number of aromatic hydroxyl groups is 3. The molecule has 0 spiro atoms. The van der Waals surface area contributed by atoms with E-state index >= 15 is 0 Å². The summed E-state index contributed by atoms with van der Waals surface area (Å²) in [4.78, 5) is 58.0. The van der Waals surface area contributed by atoms with E-state index in [9.17, 15) is 29.7 Å². The molecule has 0 bridgehead atoms. The molecule has 372 valence electrons. The van der Waals surface area contributed by atoms with Crippen LogP contribution in [-0.2, 0) is 0 Å². The molecule has 0 radical (unpaired) electrons. The summed E-state index contributed by atoms with van der Waals surface area (Å²) < 4.78 is 16.4. The fourth-order valence-electron chi connectivity index (χ4n) is 8.82. The van der Waals surface area contributed by atoms with Crippen molar-refractivity contribution in [3.05, 3.63) is 177 Å². The van der Waals surface area contributed by atoms with Crippen molar-refractivity contribution in [1.29, 1.82) is 0 Å². The summed E-state index contributed by atoms with van der Waals surface area (Å²) in [5.74, 6) is -3.82. The number of methoxy groups -OCH3 is 3. The minimum absolute atomic E-state index is 0.0577. The van der Waals surface area contributed by atoms with Gasteiger partial charge in [-0.15, -0.1) is 0 Å². The third-order valence-corrected chi connectivity index (χ3v) is 13.0. The molecule has 0 unspecified atom stereocenters. The van der Waals surface area contributed by atoms with Gasteiger partial charge >= 0.3 is 0 Å². The first-order valence-corrected chi connectivity index (χ1v) is 23.8. The molecule has 0 aliphatic carbocycles. The van der Waals surface area contributed by atoms with Gasteiger partial charge in [0.2, 0.25) is 0 Å². The zero-order valence-corrected chi connectivity index (χ0v) is 41.9. The van der Waals surface area contributed by atoms with Gasteiger partial charge < -0.3 is 45.5 Å². The Hall–Kier alpha value is -9.15.